The highest BCUT2D eigenvalue weighted by atomic mass is 16.1. The van der Waals surface area contributed by atoms with Crippen molar-refractivity contribution < 1.29 is 4.79 Å². The van der Waals surface area contributed by atoms with Gasteiger partial charge in [-0.05, 0) is 25.2 Å². The van der Waals surface area contributed by atoms with E-state index in [1.165, 1.54) is 12.8 Å². The van der Waals surface area contributed by atoms with Crippen molar-refractivity contribution >= 4 is 5.78 Å². The van der Waals surface area contributed by atoms with Crippen LogP contribution in [0.2, 0.25) is 0 Å². The lowest BCUT2D eigenvalue weighted by molar-refractivity contribution is -0.120. The fourth-order valence-electron chi connectivity index (χ4n) is 1.50. The summed E-state index contributed by atoms with van der Waals surface area (Å²) in [6.07, 6.45) is 3.18. The molecule has 2 N–H and O–H groups in total. The lowest BCUT2D eigenvalue weighted by Crippen LogP contribution is -2.26. The molecule has 2 nitrogen and oxygen atoms in total. The number of hydrogen-bond donors (Lipinski definition) is 1. The first-order valence-corrected chi connectivity index (χ1v) is 4.43. The van der Waals surface area contributed by atoms with Crippen molar-refractivity contribution in [3.63, 3.8) is 0 Å². The van der Waals surface area contributed by atoms with Crippen LogP contribution < -0.4 is 5.73 Å². The van der Waals surface area contributed by atoms with Crippen LogP contribution >= 0.6 is 0 Å². The molecule has 3 atom stereocenters. The van der Waals surface area contributed by atoms with Crippen molar-refractivity contribution in [3.8, 4) is 0 Å². The quantitative estimate of drug-likeness (QED) is 0.665. The summed E-state index contributed by atoms with van der Waals surface area (Å²) >= 11 is 0. The Balaban J connectivity index is 2.18. The van der Waals surface area contributed by atoms with Gasteiger partial charge in [0.15, 0.2) is 0 Å². The molecule has 0 bridgehead atoms. The van der Waals surface area contributed by atoms with Crippen LogP contribution in [-0.2, 0) is 4.79 Å². The van der Waals surface area contributed by atoms with Crippen LogP contribution in [0.1, 0.15) is 33.1 Å². The lowest BCUT2D eigenvalue weighted by atomic mass is 10.1. The monoisotopic (exact) mass is 155 g/mol. The molecule has 2 heteroatoms. The summed E-state index contributed by atoms with van der Waals surface area (Å²) in [5, 5.41) is 0. The first-order chi connectivity index (χ1) is 5.15. The number of rotatable bonds is 4. The van der Waals surface area contributed by atoms with Gasteiger partial charge in [0.25, 0.3) is 0 Å². The van der Waals surface area contributed by atoms with Gasteiger partial charge in [-0.25, -0.2) is 0 Å². The van der Waals surface area contributed by atoms with E-state index in [2.05, 4.69) is 6.92 Å². The van der Waals surface area contributed by atoms with Crippen molar-refractivity contribution in [1.82, 2.24) is 0 Å². The van der Waals surface area contributed by atoms with E-state index >= 15 is 0 Å². The predicted octanol–water partition coefficient (Wildman–Crippen LogP) is 1.34. The molecule has 1 saturated carbocycles. The highest BCUT2D eigenvalue weighted by Crippen LogP contribution is 2.43. The van der Waals surface area contributed by atoms with Crippen LogP contribution in [0.4, 0.5) is 0 Å². The average molecular weight is 155 g/mol. The molecule has 1 rings (SSSR count). The van der Waals surface area contributed by atoms with Crippen LogP contribution in [0.15, 0.2) is 0 Å². The van der Waals surface area contributed by atoms with Gasteiger partial charge in [-0.15, -0.1) is 0 Å². The third-order valence-electron chi connectivity index (χ3n) is 2.56. The minimum absolute atomic E-state index is 0.228. The molecule has 0 spiro atoms. The van der Waals surface area contributed by atoms with Gasteiger partial charge in [-0.2, -0.15) is 0 Å². The zero-order chi connectivity index (χ0) is 8.43. The molecule has 64 valence electrons. The van der Waals surface area contributed by atoms with Gasteiger partial charge in [0.05, 0.1) is 6.04 Å². The molecule has 0 aromatic rings. The van der Waals surface area contributed by atoms with Crippen LogP contribution in [0.25, 0.3) is 0 Å². The molecule has 0 aliphatic heterocycles. The van der Waals surface area contributed by atoms with Crippen LogP contribution in [0.5, 0.6) is 0 Å². The molecule has 0 heterocycles. The predicted molar refractivity (Wildman–Crippen MR) is 45.2 cm³/mol. The van der Waals surface area contributed by atoms with Crippen molar-refractivity contribution in [2.45, 2.75) is 39.2 Å². The first-order valence-electron chi connectivity index (χ1n) is 4.43. The summed E-state index contributed by atoms with van der Waals surface area (Å²) in [5.41, 5.74) is 5.45. The Morgan fingerprint density at radius 2 is 2.27 bits per heavy atom. The zero-order valence-electron chi connectivity index (χ0n) is 7.34. The topological polar surface area (TPSA) is 43.1 Å². The zero-order valence-corrected chi connectivity index (χ0v) is 7.34. The van der Waals surface area contributed by atoms with Gasteiger partial charge < -0.3 is 5.73 Å². The van der Waals surface area contributed by atoms with Crippen LogP contribution in [0.3, 0.4) is 0 Å². The second kappa shape index (κ2) is 3.35. The molecule has 0 amide bonds. The van der Waals surface area contributed by atoms with E-state index in [4.69, 9.17) is 5.73 Å². The van der Waals surface area contributed by atoms with Crippen molar-refractivity contribution in [2.24, 2.45) is 17.6 Å². The second-order valence-electron chi connectivity index (χ2n) is 3.62. The third kappa shape index (κ3) is 2.29. The van der Waals surface area contributed by atoms with Gasteiger partial charge in [0, 0.05) is 6.42 Å². The number of carbonyl (C=O) groups is 1. The summed E-state index contributed by atoms with van der Waals surface area (Å²) in [4.78, 5) is 11.1. The van der Waals surface area contributed by atoms with E-state index in [9.17, 15) is 4.79 Å². The largest absolute Gasteiger partial charge is 0.322 e. The van der Waals surface area contributed by atoms with Gasteiger partial charge in [-0.3, -0.25) is 4.79 Å². The van der Waals surface area contributed by atoms with E-state index in [0.717, 1.165) is 12.3 Å². The van der Waals surface area contributed by atoms with Crippen LogP contribution in [0, 0.1) is 11.8 Å². The molecular weight excluding hydrogens is 138 g/mol. The van der Waals surface area contributed by atoms with E-state index in [1.807, 2.05) is 0 Å². The highest BCUT2D eigenvalue weighted by Gasteiger charge is 2.36. The lowest BCUT2D eigenvalue weighted by Gasteiger charge is -2.02. The van der Waals surface area contributed by atoms with Crippen LogP contribution in [-0.4, -0.2) is 11.8 Å². The van der Waals surface area contributed by atoms with E-state index < -0.39 is 0 Å². The molecule has 0 aromatic carbocycles. The van der Waals surface area contributed by atoms with Gasteiger partial charge in [-0.1, -0.05) is 13.3 Å². The van der Waals surface area contributed by atoms with E-state index in [-0.39, 0.29) is 11.8 Å². The summed E-state index contributed by atoms with van der Waals surface area (Å²) in [5.74, 6) is 1.71. The molecule has 1 fully saturated rings. The smallest absolute Gasteiger partial charge is 0.149 e. The molecule has 1 aliphatic carbocycles. The fourth-order valence-corrected chi connectivity index (χ4v) is 1.50. The Morgan fingerprint density at radius 3 is 2.64 bits per heavy atom. The second-order valence-corrected chi connectivity index (χ2v) is 3.62. The number of ketones is 1. The van der Waals surface area contributed by atoms with E-state index in [1.54, 1.807) is 6.92 Å². The Labute approximate surface area is 68.2 Å². The Bertz CT molecular complexity index is 154. The Hall–Kier alpha value is -0.370. The maximum atomic E-state index is 11.1. The van der Waals surface area contributed by atoms with E-state index in [0.29, 0.717) is 5.92 Å². The highest BCUT2D eigenvalue weighted by molar-refractivity contribution is 5.83. The molecule has 11 heavy (non-hydrogen) atoms. The van der Waals surface area contributed by atoms with Crippen molar-refractivity contribution in [1.29, 1.82) is 0 Å². The number of carbonyl (C=O) groups excluding carboxylic acids is 1. The van der Waals surface area contributed by atoms with Gasteiger partial charge in [0.1, 0.15) is 5.78 Å². The maximum absolute atomic E-state index is 11.1. The minimum Gasteiger partial charge on any atom is -0.322 e. The first kappa shape index (κ1) is 8.72. The standard InChI is InChI=1S/C9H17NO/c1-3-7-4-8(7)5-9(11)6(2)10/h6-8H,3-5,10H2,1-2H3/t6-,7?,8?/m0/s1. The SMILES string of the molecule is CCC1CC1CC(=O)[C@H](C)N. The van der Waals surface area contributed by atoms with Crippen molar-refractivity contribution in [3.05, 3.63) is 0 Å². The normalized spacial score (nSPS) is 31.5. The Morgan fingerprint density at radius 1 is 1.64 bits per heavy atom. The average Bonchev–Trinajstić information content (AvgIpc) is 2.67. The summed E-state index contributed by atoms with van der Waals surface area (Å²) in [6.45, 7) is 3.95. The van der Waals surface area contributed by atoms with Gasteiger partial charge >= 0.3 is 0 Å². The number of hydrogen-bond acceptors (Lipinski definition) is 2. The summed E-state index contributed by atoms with van der Waals surface area (Å²) in [7, 11) is 0. The molecule has 0 aromatic heterocycles. The molecular formula is C9H17NO. The molecule has 0 saturated heterocycles. The third-order valence-corrected chi connectivity index (χ3v) is 2.56. The van der Waals surface area contributed by atoms with Gasteiger partial charge in [0.2, 0.25) is 0 Å². The number of nitrogens with two attached hydrogens (primary N) is 1. The maximum Gasteiger partial charge on any atom is 0.149 e. The summed E-state index contributed by atoms with van der Waals surface area (Å²) in [6, 6.07) is -0.256. The fraction of sp³-hybridized carbons (Fsp3) is 0.889. The number of Topliss-reactive ketones (excluding diaryl/α,β-unsaturated/α-hetero) is 1. The molecule has 2 unspecified atom stereocenters. The summed E-state index contributed by atoms with van der Waals surface area (Å²) < 4.78 is 0. The molecule has 0 radical (unpaired) electrons. The van der Waals surface area contributed by atoms with Crippen molar-refractivity contribution in [2.75, 3.05) is 0 Å². The minimum atomic E-state index is -0.256. The molecule has 1 aliphatic rings. The Kier molecular flexibility index (Phi) is 2.66.